The Morgan fingerprint density at radius 3 is 1.92 bits per heavy atom. The quantitative estimate of drug-likeness (QED) is 0.267. The van der Waals surface area contributed by atoms with Crippen LogP contribution in [0, 0.1) is 5.92 Å². The van der Waals surface area contributed by atoms with E-state index in [-0.39, 0.29) is 0 Å². The van der Waals surface area contributed by atoms with Crippen LogP contribution >= 0.6 is 0 Å². The Balaban J connectivity index is 1.45. The van der Waals surface area contributed by atoms with Crippen LogP contribution in [-0.2, 0) is 0 Å². The van der Waals surface area contributed by atoms with Gasteiger partial charge in [-0.05, 0) is 79.8 Å². The zero-order valence-corrected chi connectivity index (χ0v) is 20.3. The fourth-order valence-corrected chi connectivity index (χ4v) is 6.06. The van der Waals surface area contributed by atoms with Crippen molar-refractivity contribution in [1.82, 2.24) is 0 Å². The summed E-state index contributed by atoms with van der Waals surface area (Å²) in [5.41, 5.74) is 9.41. The van der Waals surface area contributed by atoms with Gasteiger partial charge in [0.15, 0.2) is 0 Å². The van der Waals surface area contributed by atoms with Gasteiger partial charge in [-0.3, -0.25) is 0 Å². The molecule has 7 rings (SSSR count). The first kappa shape index (κ1) is 21.1. The lowest BCUT2D eigenvalue weighted by atomic mass is 9.80. The first-order valence-electron chi connectivity index (χ1n) is 13.0. The third-order valence-corrected chi connectivity index (χ3v) is 7.85. The molecule has 0 aliphatic heterocycles. The van der Waals surface area contributed by atoms with Crippen LogP contribution in [0.1, 0.15) is 30.4 Å². The first-order chi connectivity index (χ1) is 17.9. The Kier molecular flexibility index (Phi) is 5.17. The van der Waals surface area contributed by atoms with Crippen molar-refractivity contribution in [2.45, 2.75) is 19.3 Å². The fourth-order valence-electron chi connectivity index (χ4n) is 6.06. The van der Waals surface area contributed by atoms with E-state index in [1.807, 2.05) is 0 Å². The molecule has 1 unspecified atom stereocenters. The van der Waals surface area contributed by atoms with Crippen LogP contribution in [0.25, 0.3) is 43.8 Å². The molecule has 4 aromatic rings. The molecule has 0 nitrogen and oxygen atoms in total. The van der Waals surface area contributed by atoms with Gasteiger partial charge in [0, 0.05) is 5.92 Å². The van der Waals surface area contributed by atoms with Crippen molar-refractivity contribution in [3.63, 3.8) is 0 Å². The molecule has 0 N–H and O–H groups in total. The maximum atomic E-state index is 2.41. The highest BCUT2D eigenvalue weighted by Crippen LogP contribution is 2.44. The number of allylic oxidation sites excluding steroid dienone is 12. The highest BCUT2D eigenvalue weighted by molar-refractivity contribution is 6.19. The summed E-state index contributed by atoms with van der Waals surface area (Å²) in [5.74, 6) is 0.504. The minimum absolute atomic E-state index is 0.504. The third kappa shape index (κ3) is 3.53. The van der Waals surface area contributed by atoms with E-state index in [2.05, 4.69) is 127 Å². The molecule has 0 aromatic heterocycles. The van der Waals surface area contributed by atoms with E-state index in [0.717, 1.165) is 19.3 Å². The molecular formula is C36H28. The summed E-state index contributed by atoms with van der Waals surface area (Å²) >= 11 is 0. The highest BCUT2D eigenvalue weighted by atomic mass is 14.2. The number of benzene rings is 4. The van der Waals surface area contributed by atoms with Gasteiger partial charge in [0.1, 0.15) is 0 Å². The molecule has 3 aliphatic rings. The van der Waals surface area contributed by atoms with Crippen molar-refractivity contribution in [1.29, 1.82) is 0 Å². The molecule has 4 aromatic carbocycles. The van der Waals surface area contributed by atoms with Gasteiger partial charge in [0.25, 0.3) is 0 Å². The van der Waals surface area contributed by atoms with Crippen LogP contribution in [0.5, 0.6) is 0 Å². The van der Waals surface area contributed by atoms with Crippen molar-refractivity contribution in [3.05, 3.63) is 144 Å². The Morgan fingerprint density at radius 1 is 0.611 bits per heavy atom. The lowest BCUT2D eigenvalue weighted by Gasteiger charge is -2.23. The molecule has 0 spiro atoms. The molecule has 0 radical (unpaired) electrons. The minimum atomic E-state index is 0.504. The molecule has 0 amide bonds. The predicted molar refractivity (Wildman–Crippen MR) is 156 cm³/mol. The summed E-state index contributed by atoms with van der Waals surface area (Å²) < 4.78 is 0. The predicted octanol–water partition coefficient (Wildman–Crippen LogP) is 9.85. The van der Waals surface area contributed by atoms with Gasteiger partial charge in [0.2, 0.25) is 0 Å². The van der Waals surface area contributed by atoms with Crippen molar-refractivity contribution in [2.75, 3.05) is 0 Å². The van der Waals surface area contributed by atoms with Crippen molar-refractivity contribution >= 4 is 32.7 Å². The van der Waals surface area contributed by atoms with Crippen LogP contribution in [-0.4, -0.2) is 0 Å². The van der Waals surface area contributed by atoms with Crippen molar-refractivity contribution < 1.29 is 0 Å². The number of hydrogen-bond acceptors (Lipinski definition) is 0. The molecule has 1 atom stereocenters. The van der Waals surface area contributed by atoms with Crippen LogP contribution in [0.2, 0.25) is 0 Å². The van der Waals surface area contributed by atoms with Gasteiger partial charge < -0.3 is 0 Å². The molecule has 0 fully saturated rings. The smallest absolute Gasteiger partial charge is 0.00561 e. The average Bonchev–Trinajstić information content (AvgIpc) is 2.96. The van der Waals surface area contributed by atoms with E-state index < -0.39 is 0 Å². The molecule has 0 heterocycles. The van der Waals surface area contributed by atoms with Gasteiger partial charge in [0.05, 0.1) is 0 Å². The minimum Gasteiger partial charge on any atom is -0.0842 e. The molecule has 0 saturated heterocycles. The fraction of sp³-hybridized carbons (Fsp3) is 0.111. The maximum absolute atomic E-state index is 2.41. The Labute approximate surface area is 213 Å². The van der Waals surface area contributed by atoms with Crippen LogP contribution in [0.3, 0.4) is 0 Å². The van der Waals surface area contributed by atoms with E-state index in [0.29, 0.717) is 5.92 Å². The summed E-state index contributed by atoms with van der Waals surface area (Å²) in [4.78, 5) is 0. The van der Waals surface area contributed by atoms with E-state index in [9.17, 15) is 0 Å². The lowest BCUT2D eigenvalue weighted by Crippen LogP contribution is -2.05. The average molecular weight is 461 g/mol. The van der Waals surface area contributed by atoms with Gasteiger partial charge in [-0.25, -0.2) is 0 Å². The molecule has 0 heteroatoms. The second kappa shape index (κ2) is 8.81. The Bertz CT molecular complexity index is 1620. The summed E-state index contributed by atoms with van der Waals surface area (Å²) in [6, 6.07) is 27.1. The molecular weight excluding hydrogens is 432 g/mol. The van der Waals surface area contributed by atoms with E-state index in [1.54, 1.807) is 0 Å². The standard InChI is InChI=1S/C36H28/c1-2-10-25(11-3-1)27-18-21-28(22-19-27)35-31-14-6-8-16-33(31)36(34-17-9-7-15-32(34)35)30-23-20-26-12-4-5-13-29(26)24-30/h1-2,4-10,13-24,26H,3,11-12H2. The third-order valence-electron chi connectivity index (χ3n) is 7.85. The largest absolute Gasteiger partial charge is 0.0842 e. The topological polar surface area (TPSA) is 0 Å². The lowest BCUT2D eigenvalue weighted by molar-refractivity contribution is 0.781. The van der Waals surface area contributed by atoms with Crippen LogP contribution < -0.4 is 0 Å². The molecule has 3 aliphatic carbocycles. The normalized spacial score (nSPS) is 18.7. The van der Waals surface area contributed by atoms with Crippen molar-refractivity contribution in [3.8, 4) is 11.1 Å². The van der Waals surface area contributed by atoms with E-state index in [1.165, 1.54) is 60.5 Å². The van der Waals surface area contributed by atoms with Gasteiger partial charge >= 0.3 is 0 Å². The Hall–Kier alpha value is -4.16. The molecule has 36 heavy (non-hydrogen) atoms. The zero-order chi connectivity index (χ0) is 23.9. The van der Waals surface area contributed by atoms with Gasteiger partial charge in [-0.1, -0.05) is 127 Å². The number of fused-ring (bicyclic) bond motifs is 3. The number of hydrogen-bond donors (Lipinski definition) is 0. The van der Waals surface area contributed by atoms with Crippen molar-refractivity contribution in [2.24, 2.45) is 5.92 Å². The highest BCUT2D eigenvalue weighted by Gasteiger charge is 2.20. The van der Waals surface area contributed by atoms with Crippen LogP contribution in [0.4, 0.5) is 0 Å². The zero-order valence-electron chi connectivity index (χ0n) is 20.3. The van der Waals surface area contributed by atoms with E-state index >= 15 is 0 Å². The second-order valence-corrected chi connectivity index (χ2v) is 9.97. The van der Waals surface area contributed by atoms with Gasteiger partial charge in [-0.15, -0.1) is 0 Å². The molecule has 0 bridgehead atoms. The summed E-state index contributed by atoms with van der Waals surface area (Å²) in [6.45, 7) is 0. The Morgan fingerprint density at radius 2 is 1.25 bits per heavy atom. The van der Waals surface area contributed by atoms with Crippen LogP contribution in [0.15, 0.2) is 133 Å². The summed E-state index contributed by atoms with van der Waals surface area (Å²) in [7, 11) is 0. The summed E-state index contributed by atoms with van der Waals surface area (Å²) in [6.07, 6.45) is 23.9. The number of rotatable bonds is 3. The monoisotopic (exact) mass is 460 g/mol. The second-order valence-electron chi connectivity index (χ2n) is 9.97. The summed E-state index contributed by atoms with van der Waals surface area (Å²) in [5, 5.41) is 5.26. The molecule has 0 saturated carbocycles. The van der Waals surface area contributed by atoms with E-state index in [4.69, 9.17) is 0 Å². The SMILES string of the molecule is C1=CCCC(c2ccc(-c3c4ccccc4c(C4=CC5=CC=CCC5C=C4)c4ccccc34)cc2)=C1. The first-order valence-corrected chi connectivity index (χ1v) is 13.0. The maximum Gasteiger partial charge on any atom is 0.00561 e. The molecule has 172 valence electrons. The van der Waals surface area contributed by atoms with Gasteiger partial charge in [-0.2, -0.15) is 0 Å².